The molecule has 1 aliphatic heterocycles. The number of aromatic nitrogens is 1. The number of Topliss-reactive ketones (excluding diaryl/α,β-unsaturated/α-hetero) is 1. The standard InChI is InChI=1S/C21H21N3O3/c1-14(25)16-6-2-3-7-17(16)22-20(26)15-10-12-24(13-11-15)21-23-18-8-4-5-9-19(18)27-21/h2-9,15H,10-13H2,1H3,(H,22,26). The molecule has 3 aromatic rings. The van der Waals surface area contributed by atoms with Gasteiger partial charge in [-0.2, -0.15) is 4.98 Å². The fourth-order valence-electron chi connectivity index (χ4n) is 3.46. The Morgan fingerprint density at radius 2 is 1.78 bits per heavy atom. The molecule has 138 valence electrons. The van der Waals surface area contributed by atoms with Crippen molar-refractivity contribution in [2.45, 2.75) is 19.8 Å². The maximum Gasteiger partial charge on any atom is 0.298 e. The lowest BCUT2D eigenvalue weighted by molar-refractivity contribution is -0.120. The summed E-state index contributed by atoms with van der Waals surface area (Å²) in [6.07, 6.45) is 1.43. The molecule has 1 aromatic heterocycles. The smallest absolute Gasteiger partial charge is 0.298 e. The number of hydrogen-bond donors (Lipinski definition) is 1. The first-order chi connectivity index (χ1) is 13.1. The van der Waals surface area contributed by atoms with Crippen molar-refractivity contribution in [2.24, 2.45) is 5.92 Å². The largest absolute Gasteiger partial charge is 0.423 e. The summed E-state index contributed by atoms with van der Waals surface area (Å²) >= 11 is 0. The SMILES string of the molecule is CC(=O)c1ccccc1NC(=O)C1CCN(c2nc3ccccc3o2)CC1. The maximum atomic E-state index is 12.6. The minimum Gasteiger partial charge on any atom is -0.423 e. The van der Waals surface area contributed by atoms with Crippen LogP contribution in [0.3, 0.4) is 0 Å². The average molecular weight is 363 g/mol. The molecule has 0 aliphatic carbocycles. The van der Waals surface area contributed by atoms with Crippen LogP contribution in [0.2, 0.25) is 0 Å². The van der Waals surface area contributed by atoms with Gasteiger partial charge in [0.15, 0.2) is 11.4 Å². The van der Waals surface area contributed by atoms with Gasteiger partial charge < -0.3 is 14.6 Å². The molecule has 1 fully saturated rings. The summed E-state index contributed by atoms with van der Waals surface area (Å²) < 4.78 is 5.82. The second-order valence-electron chi connectivity index (χ2n) is 6.82. The maximum absolute atomic E-state index is 12.6. The Balaban J connectivity index is 1.40. The van der Waals surface area contributed by atoms with E-state index >= 15 is 0 Å². The second-order valence-corrected chi connectivity index (χ2v) is 6.82. The van der Waals surface area contributed by atoms with E-state index in [0.717, 1.165) is 11.1 Å². The highest BCUT2D eigenvalue weighted by Crippen LogP contribution is 2.27. The Morgan fingerprint density at radius 3 is 2.52 bits per heavy atom. The molecule has 1 aliphatic rings. The molecule has 0 spiro atoms. The van der Waals surface area contributed by atoms with Gasteiger partial charge in [0.05, 0.1) is 5.69 Å². The predicted octanol–water partition coefficient (Wildman–Crippen LogP) is 3.89. The van der Waals surface area contributed by atoms with Crippen LogP contribution in [-0.2, 0) is 4.79 Å². The number of nitrogens with zero attached hydrogens (tertiary/aromatic N) is 2. The zero-order valence-corrected chi connectivity index (χ0v) is 15.1. The number of piperidine rings is 1. The van der Waals surface area contributed by atoms with Gasteiger partial charge in [-0.3, -0.25) is 9.59 Å². The molecule has 27 heavy (non-hydrogen) atoms. The van der Waals surface area contributed by atoms with E-state index in [1.54, 1.807) is 18.2 Å². The molecule has 1 saturated heterocycles. The lowest BCUT2D eigenvalue weighted by Gasteiger charge is -2.30. The lowest BCUT2D eigenvalue weighted by Crippen LogP contribution is -2.38. The molecule has 1 N–H and O–H groups in total. The van der Waals surface area contributed by atoms with E-state index in [2.05, 4.69) is 15.2 Å². The van der Waals surface area contributed by atoms with Gasteiger partial charge in [0, 0.05) is 24.6 Å². The van der Waals surface area contributed by atoms with E-state index < -0.39 is 0 Å². The van der Waals surface area contributed by atoms with E-state index in [0.29, 0.717) is 43.2 Å². The molecular weight excluding hydrogens is 342 g/mol. The third kappa shape index (κ3) is 3.56. The van der Waals surface area contributed by atoms with Crippen molar-refractivity contribution < 1.29 is 14.0 Å². The first-order valence-electron chi connectivity index (χ1n) is 9.13. The van der Waals surface area contributed by atoms with Crippen LogP contribution in [0.25, 0.3) is 11.1 Å². The number of carbonyl (C=O) groups is 2. The van der Waals surface area contributed by atoms with E-state index in [9.17, 15) is 9.59 Å². The average Bonchev–Trinajstić information content (AvgIpc) is 3.12. The van der Waals surface area contributed by atoms with Gasteiger partial charge >= 0.3 is 0 Å². The molecule has 6 heteroatoms. The Hall–Kier alpha value is -3.15. The van der Waals surface area contributed by atoms with Crippen molar-refractivity contribution in [3.8, 4) is 0 Å². The first-order valence-corrected chi connectivity index (χ1v) is 9.13. The van der Waals surface area contributed by atoms with E-state index in [1.165, 1.54) is 6.92 Å². The Morgan fingerprint density at radius 1 is 1.07 bits per heavy atom. The zero-order chi connectivity index (χ0) is 18.8. The van der Waals surface area contributed by atoms with Crippen LogP contribution in [0, 0.1) is 5.92 Å². The zero-order valence-electron chi connectivity index (χ0n) is 15.1. The summed E-state index contributed by atoms with van der Waals surface area (Å²) in [6, 6.07) is 15.4. The van der Waals surface area contributed by atoms with Crippen molar-refractivity contribution in [3.05, 3.63) is 54.1 Å². The molecular formula is C21H21N3O3. The van der Waals surface area contributed by atoms with Gasteiger partial charge in [0.2, 0.25) is 5.91 Å². The molecule has 1 amide bonds. The number of nitrogens with one attached hydrogen (secondary N) is 1. The summed E-state index contributed by atoms with van der Waals surface area (Å²) in [5, 5.41) is 2.92. The first kappa shape index (κ1) is 17.3. The van der Waals surface area contributed by atoms with Crippen molar-refractivity contribution >= 4 is 34.5 Å². The van der Waals surface area contributed by atoms with Gasteiger partial charge in [0.1, 0.15) is 5.52 Å². The van der Waals surface area contributed by atoms with Crippen molar-refractivity contribution in [1.29, 1.82) is 0 Å². The molecule has 0 bridgehead atoms. The minimum absolute atomic E-state index is 0.0408. The third-order valence-electron chi connectivity index (χ3n) is 4.98. The normalized spacial score (nSPS) is 15.1. The van der Waals surface area contributed by atoms with Gasteiger partial charge in [0.25, 0.3) is 6.01 Å². The fourth-order valence-corrected chi connectivity index (χ4v) is 3.46. The number of fused-ring (bicyclic) bond motifs is 1. The number of anilines is 2. The summed E-state index contributed by atoms with van der Waals surface area (Å²) in [5.41, 5.74) is 2.73. The number of para-hydroxylation sites is 3. The topological polar surface area (TPSA) is 75.4 Å². The van der Waals surface area contributed by atoms with Crippen LogP contribution in [0.4, 0.5) is 11.7 Å². The molecule has 6 nitrogen and oxygen atoms in total. The Bertz CT molecular complexity index is 954. The highest BCUT2D eigenvalue weighted by molar-refractivity contribution is 6.04. The number of benzene rings is 2. The monoisotopic (exact) mass is 363 g/mol. The van der Waals surface area contributed by atoms with Crippen LogP contribution in [0.5, 0.6) is 0 Å². The fraction of sp³-hybridized carbons (Fsp3) is 0.286. The number of carbonyl (C=O) groups excluding carboxylic acids is 2. The molecule has 0 saturated carbocycles. The number of ketones is 1. The second kappa shape index (κ2) is 7.23. The van der Waals surface area contributed by atoms with Crippen LogP contribution < -0.4 is 10.2 Å². The number of rotatable bonds is 4. The van der Waals surface area contributed by atoms with Crippen molar-refractivity contribution in [1.82, 2.24) is 4.98 Å². The summed E-state index contributed by atoms with van der Waals surface area (Å²) in [7, 11) is 0. The van der Waals surface area contributed by atoms with Crippen LogP contribution in [0.15, 0.2) is 52.9 Å². The number of hydrogen-bond acceptors (Lipinski definition) is 5. The van der Waals surface area contributed by atoms with E-state index in [-0.39, 0.29) is 17.6 Å². The highest BCUT2D eigenvalue weighted by atomic mass is 16.4. The summed E-state index contributed by atoms with van der Waals surface area (Å²) in [4.78, 5) is 31.0. The van der Waals surface area contributed by atoms with Crippen molar-refractivity contribution in [2.75, 3.05) is 23.3 Å². The van der Waals surface area contributed by atoms with Crippen LogP contribution in [0.1, 0.15) is 30.1 Å². The molecule has 2 heterocycles. The van der Waals surface area contributed by atoms with Crippen LogP contribution >= 0.6 is 0 Å². The minimum atomic E-state index is -0.0920. The molecule has 4 rings (SSSR count). The molecule has 2 aromatic carbocycles. The van der Waals surface area contributed by atoms with Crippen molar-refractivity contribution in [3.63, 3.8) is 0 Å². The predicted molar refractivity (Wildman–Crippen MR) is 104 cm³/mol. The Labute approximate surface area is 157 Å². The molecule has 0 unspecified atom stereocenters. The summed E-state index contributed by atoms with van der Waals surface area (Å²) in [5.74, 6) is -0.191. The highest BCUT2D eigenvalue weighted by Gasteiger charge is 2.27. The van der Waals surface area contributed by atoms with Gasteiger partial charge in [-0.1, -0.05) is 24.3 Å². The van der Waals surface area contributed by atoms with Gasteiger partial charge in [-0.05, 0) is 44.0 Å². The third-order valence-corrected chi connectivity index (χ3v) is 4.98. The van der Waals surface area contributed by atoms with Gasteiger partial charge in [-0.15, -0.1) is 0 Å². The van der Waals surface area contributed by atoms with E-state index in [4.69, 9.17) is 4.42 Å². The number of oxazole rings is 1. The molecule has 0 atom stereocenters. The van der Waals surface area contributed by atoms with Crippen LogP contribution in [-0.4, -0.2) is 29.8 Å². The summed E-state index contributed by atoms with van der Waals surface area (Å²) in [6.45, 7) is 2.92. The van der Waals surface area contributed by atoms with Gasteiger partial charge in [-0.25, -0.2) is 0 Å². The number of amides is 1. The Kier molecular flexibility index (Phi) is 4.62. The quantitative estimate of drug-likeness (QED) is 0.712. The van der Waals surface area contributed by atoms with E-state index in [1.807, 2.05) is 30.3 Å². The lowest BCUT2D eigenvalue weighted by atomic mass is 9.96. The molecule has 0 radical (unpaired) electrons.